The van der Waals surface area contributed by atoms with E-state index in [1.807, 2.05) is 41.4 Å². The highest BCUT2D eigenvalue weighted by atomic mass is 16.5. The molecule has 0 radical (unpaired) electrons. The van der Waals surface area contributed by atoms with Crippen LogP contribution in [0.1, 0.15) is 73.9 Å². The van der Waals surface area contributed by atoms with Crippen LogP contribution in [0.25, 0.3) is 10.9 Å². The molecule has 39 heavy (non-hydrogen) atoms. The zero-order valence-corrected chi connectivity index (χ0v) is 22.6. The molecule has 2 aromatic heterocycles. The van der Waals surface area contributed by atoms with Crippen molar-refractivity contribution in [2.45, 2.75) is 77.3 Å². The molecule has 0 bridgehead atoms. The number of carbonyl (C=O) groups excluding carboxylic acids is 1. The van der Waals surface area contributed by atoms with E-state index in [4.69, 9.17) is 16.2 Å². The van der Waals surface area contributed by atoms with Crippen molar-refractivity contribution < 1.29 is 19.7 Å². The second kappa shape index (κ2) is 13.5. The van der Waals surface area contributed by atoms with E-state index < -0.39 is 12.3 Å². The third-order valence-corrected chi connectivity index (χ3v) is 7.05. The number of H-pyrrole nitrogens is 1. The van der Waals surface area contributed by atoms with Crippen molar-refractivity contribution in [3.63, 3.8) is 0 Å². The van der Waals surface area contributed by atoms with E-state index in [2.05, 4.69) is 18.0 Å². The van der Waals surface area contributed by atoms with Crippen molar-refractivity contribution >= 4 is 16.7 Å². The number of aliphatic hydroxyl groups excluding tert-OH is 1. The van der Waals surface area contributed by atoms with Gasteiger partial charge in [-0.05, 0) is 53.6 Å². The predicted octanol–water partition coefficient (Wildman–Crippen LogP) is 5.05. The van der Waals surface area contributed by atoms with Crippen molar-refractivity contribution in [1.29, 1.82) is 0 Å². The molecule has 8 nitrogen and oxygen atoms in total. The zero-order valence-electron chi connectivity index (χ0n) is 22.6. The summed E-state index contributed by atoms with van der Waals surface area (Å²) >= 11 is 0. The second-order valence-corrected chi connectivity index (χ2v) is 10.3. The molecule has 0 aliphatic carbocycles. The summed E-state index contributed by atoms with van der Waals surface area (Å²) in [5, 5.41) is 21.5. The number of aromatic hydroxyl groups is 1. The van der Waals surface area contributed by atoms with Gasteiger partial charge in [0.2, 0.25) is 0 Å². The summed E-state index contributed by atoms with van der Waals surface area (Å²) in [5.41, 5.74) is 16.7. The summed E-state index contributed by atoms with van der Waals surface area (Å²) in [6, 6.07) is 13.1. The van der Waals surface area contributed by atoms with E-state index in [9.17, 15) is 15.0 Å². The number of hydrogen-bond donors (Lipinski definition) is 5. The molecule has 0 aliphatic heterocycles. The van der Waals surface area contributed by atoms with Crippen LogP contribution in [0, 0.1) is 0 Å². The molecular weight excluding hydrogens is 492 g/mol. The first-order valence-electron chi connectivity index (χ1n) is 13.7. The first kappa shape index (κ1) is 28.4. The molecular formula is C31H40N4O4. The number of aromatic nitrogens is 2. The van der Waals surface area contributed by atoms with Crippen LogP contribution in [0.3, 0.4) is 0 Å². The van der Waals surface area contributed by atoms with Gasteiger partial charge < -0.3 is 36.0 Å². The van der Waals surface area contributed by atoms with E-state index in [1.54, 1.807) is 18.2 Å². The third kappa shape index (κ3) is 7.95. The molecule has 4 rings (SSSR count). The lowest BCUT2D eigenvalue weighted by Crippen LogP contribution is -2.20. The normalized spacial score (nSPS) is 12.3. The third-order valence-electron chi connectivity index (χ3n) is 7.05. The van der Waals surface area contributed by atoms with Crippen LogP contribution in [-0.4, -0.2) is 31.7 Å². The Morgan fingerprint density at radius 1 is 1.10 bits per heavy atom. The van der Waals surface area contributed by atoms with Crippen LogP contribution in [0.15, 0.2) is 61.1 Å². The number of fused-ring (bicyclic) bond motifs is 1. The number of unbranched alkanes of at least 4 members (excludes halogenated alkanes) is 2. The Bertz CT molecular complexity index is 1370. The number of aryl methyl sites for hydroxylation is 1. The maximum absolute atomic E-state index is 12.3. The van der Waals surface area contributed by atoms with Gasteiger partial charge in [0.05, 0.1) is 17.8 Å². The Morgan fingerprint density at radius 3 is 2.74 bits per heavy atom. The number of phenolic OH excluding ortho intramolecular Hbond substituents is 1. The molecule has 208 valence electrons. The second-order valence-electron chi connectivity index (χ2n) is 10.3. The van der Waals surface area contributed by atoms with Gasteiger partial charge >= 0.3 is 0 Å². The topological polar surface area (TPSA) is 140 Å². The number of rotatable bonds is 15. The number of ketones is 1. The molecule has 0 amide bonds. The smallest absolute Gasteiger partial charge is 0.165 e. The highest BCUT2D eigenvalue weighted by Gasteiger charge is 2.13. The fourth-order valence-corrected chi connectivity index (χ4v) is 4.83. The number of aliphatic hydroxyl groups is 1. The van der Waals surface area contributed by atoms with Gasteiger partial charge in [-0.2, -0.15) is 0 Å². The monoisotopic (exact) mass is 532 g/mol. The molecule has 1 atom stereocenters. The average Bonchev–Trinajstić information content (AvgIpc) is 3.49. The minimum Gasteiger partial charge on any atom is -0.504 e. The van der Waals surface area contributed by atoms with E-state index in [-0.39, 0.29) is 24.7 Å². The van der Waals surface area contributed by atoms with Crippen LogP contribution in [0.5, 0.6) is 11.5 Å². The van der Waals surface area contributed by atoms with Crippen LogP contribution in [0.2, 0.25) is 0 Å². The maximum atomic E-state index is 12.3. The largest absolute Gasteiger partial charge is 0.504 e. The number of nitrogens with two attached hydrogens (primary N) is 2. The quantitative estimate of drug-likeness (QED) is 0.107. The summed E-state index contributed by atoms with van der Waals surface area (Å²) in [4.78, 5) is 15.6. The molecule has 2 heterocycles. The molecule has 0 spiro atoms. The van der Waals surface area contributed by atoms with Gasteiger partial charge in [-0.3, -0.25) is 4.79 Å². The number of nitrogens with one attached hydrogen (secondary N) is 1. The molecule has 0 aliphatic rings. The first-order chi connectivity index (χ1) is 18.8. The number of Topliss-reactive ketones (excluding diaryl/α,β-unsaturated/α-hetero) is 1. The Morgan fingerprint density at radius 2 is 1.95 bits per heavy atom. The fraction of sp³-hybridized carbons (Fsp3) is 0.387. The Hall–Kier alpha value is -3.59. The summed E-state index contributed by atoms with van der Waals surface area (Å²) in [5.74, 6) is 0.463. The van der Waals surface area contributed by atoms with Crippen LogP contribution >= 0.6 is 0 Å². The molecule has 0 saturated heterocycles. The van der Waals surface area contributed by atoms with Gasteiger partial charge in [0, 0.05) is 36.8 Å². The lowest BCUT2D eigenvalue weighted by molar-refractivity contribution is -0.121. The van der Waals surface area contributed by atoms with Gasteiger partial charge in [0.1, 0.15) is 5.78 Å². The summed E-state index contributed by atoms with van der Waals surface area (Å²) in [6.45, 7) is 2.34. The summed E-state index contributed by atoms with van der Waals surface area (Å²) < 4.78 is 7.86. The Labute approximate surface area is 229 Å². The number of aromatic amines is 1. The number of hydrogen-bond acceptors (Lipinski definition) is 6. The van der Waals surface area contributed by atoms with Gasteiger partial charge in [-0.1, -0.05) is 56.5 Å². The molecule has 8 heteroatoms. The number of phenols is 1. The standard InChI is InChI=1S/C31H40N4O4/c1-2-3-4-8-25(36)16-26(37)11-9-21-10-12-29(38)30(15-21)39-20-35-18-27-24(17-34-28(27)19-35)14-22-6-5-7-23(13-22)31(32)33/h5-7,10,12-13,15,17-19,25,31,34,36,38H,2-4,8-9,11,14,16,20,32-33H2,1H3. The van der Waals surface area contributed by atoms with Crippen LogP contribution in [-0.2, 0) is 24.4 Å². The van der Waals surface area contributed by atoms with Gasteiger partial charge in [-0.25, -0.2) is 0 Å². The van der Waals surface area contributed by atoms with Gasteiger partial charge in [-0.15, -0.1) is 0 Å². The van der Waals surface area contributed by atoms with Crippen molar-refractivity contribution in [1.82, 2.24) is 9.55 Å². The minimum atomic E-state index is -0.565. The average molecular weight is 533 g/mol. The van der Waals surface area contributed by atoms with E-state index >= 15 is 0 Å². The molecule has 0 fully saturated rings. The molecule has 2 aromatic carbocycles. The number of benzene rings is 2. The fourth-order valence-electron chi connectivity index (χ4n) is 4.83. The van der Waals surface area contributed by atoms with E-state index in [0.717, 1.165) is 58.8 Å². The molecule has 7 N–H and O–H groups in total. The lowest BCUT2D eigenvalue weighted by Gasteiger charge is -2.12. The predicted molar refractivity (Wildman–Crippen MR) is 153 cm³/mol. The van der Waals surface area contributed by atoms with Crippen molar-refractivity contribution in [3.8, 4) is 11.5 Å². The summed E-state index contributed by atoms with van der Waals surface area (Å²) in [7, 11) is 0. The van der Waals surface area contributed by atoms with Gasteiger partial charge in [0.15, 0.2) is 18.2 Å². The molecule has 4 aromatic rings. The van der Waals surface area contributed by atoms with E-state index in [0.29, 0.717) is 25.0 Å². The first-order valence-corrected chi connectivity index (χ1v) is 13.7. The van der Waals surface area contributed by atoms with Crippen molar-refractivity contribution in [2.24, 2.45) is 11.5 Å². The van der Waals surface area contributed by atoms with Crippen molar-refractivity contribution in [3.05, 3.63) is 83.3 Å². The van der Waals surface area contributed by atoms with Crippen LogP contribution in [0.4, 0.5) is 0 Å². The minimum absolute atomic E-state index is 0.0466. The Balaban J connectivity index is 1.33. The zero-order chi connectivity index (χ0) is 27.8. The van der Waals surface area contributed by atoms with Crippen molar-refractivity contribution in [2.75, 3.05) is 0 Å². The lowest BCUT2D eigenvalue weighted by atomic mass is 10.0. The Kier molecular flexibility index (Phi) is 9.81. The number of ether oxygens (including phenoxy) is 1. The maximum Gasteiger partial charge on any atom is 0.165 e. The number of nitrogens with zero attached hydrogens (tertiary/aromatic N) is 1. The highest BCUT2D eigenvalue weighted by molar-refractivity contribution is 5.83. The summed E-state index contributed by atoms with van der Waals surface area (Å²) in [6.07, 6.45) is 10.5. The highest BCUT2D eigenvalue weighted by Crippen LogP contribution is 2.29. The van der Waals surface area contributed by atoms with E-state index in [1.165, 1.54) is 0 Å². The van der Waals surface area contributed by atoms with Crippen LogP contribution < -0.4 is 16.2 Å². The molecule has 0 saturated carbocycles. The number of carbonyl (C=O) groups is 1. The SMILES string of the molecule is CCCCCC(O)CC(=O)CCc1ccc(O)c(OCn2cc3[nH]cc(Cc4cccc(C(N)N)c4)c3c2)c1. The van der Waals surface area contributed by atoms with Gasteiger partial charge in [0.25, 0.3) is 0 Å². The molecule has 1 unspecified atom stereocenters.